The first-order valence-electron chi connectivity index (χ1n) is 13.4. The highest BCUT2D eigenvalue weighted by Gasteiger charge is 2.59. The van der Waals surface area contributed by atoms with E-state index in [9.17, 15) is 10.2 Å². The minimum Gasteiger partial charge on any atom is -0.393 e. The summed E-state index contributed by atoms with van der Waals surface area (Å²) in [6.07, 6.45) is 17.2. The molecule has 0 heterocycles. The van der Waals surface area contributed by atoms with Gasteiger partial charge in [-0.2, -0.15) is 0 Å². The van der Waals surface area contributed by atoms with E-state index in [0.29, 0.717) is 5.41 Å². The van der Waals surface area contributed by atoms with E-state index < -0.39 is 5.60 Å². The lowest BCUT2D eigenvalue weighted by Crippen LogP contribution is -2.53. The highest BCUT2D eigenvalue weighted by Crippen LogP contribution is 2.67. The van der Waals surface area contributed by atoms with Gasteiger partial charge >= 0.3 is 0 Å². The summed E-state index contributed by atoms with van der Waals surface area (Å²) in [6.45, 7) is 7.71. The van der Waals surface area contributed by atoms with Crippen molar-refractivity contribution in [2.24, 2.45) is 34.5 Å². The van der Waals surface area contributed by atoms with Gasteiger partial charge in [0, 0.05) is 12.5 Å². The van der Waals surface area contributed by atoms with Crippen molar-refractivity contribution < 1.29 is 14.9 Å². The van der Waals surface area contributed by atoms with Gasteiger partial charge in [-0.15, -0.1) is 0 Å². The quantitative estimate of drug-likeness (QED) is 0.444. The maximum absolute atomic E-state index is 10.7. The first-order valence-corrected chi connectivity index (χ1v) is 13.4. The lowest BCUT2D eigenvalue weighted by atomic mass is 9.47. The van der Waals surface area contributed by atoms with Gasteiger partial charge in [-0.25, -0.2) is 0 Å². The van der Waals surface area contributed by atoms with Gasteiger partial charge in [0.05, 0.1) is 18.3 Å². The molecule has 3 saturated carbocycles. The van der Waals surface area contributed by atoms with Crippen molar-refractivity contribution in [3.05, 3.63) is 11.6 Å². The average molecular weight is 433 g/mol. The highest BCUT2D eigenvalue weighted by atomic mass is 16.5. The maximum atomic E-state index is 10.7. The molecule has 4 aliphatic rings. The summed E-state index contributed by atoms with van der Waals surface area (Å²) in [4.78, 5) is 0. The number of methoxy groups -OCH3 is 1. The summed E-state index contributed by atoms with van der Waals surface area (Å²) < 4.78 is 5.84. The van der Waals surface area contributed by atoms with E-state index in [-0.39, 0.29) is 11.5 Å². The second-order valence-corrected chi connectivity index (χ2v) is 12.0. The first kappa shape index (κ1) is 23.8. The molecular weight excluding hydrogens is 384 g/mol. The molecule has 0 aromatic carbocycles. The van der Waals surface area contributed by atoms with E-state index in [1.54, 1.807) is 0 Å². The van der Waals surface area contributed by atoms with Gasteiger partial charge in [0.2, 0.25) is 0 Å². The second-order valence-electron chi connectivity index (χ2n) is 12.0. The molecule has 0 bridgehead atoms. The third kappa shape index (κ3) is 4.06. The van der Waals surface area contributed by atoms with Crippen molar-refractivity contribution in [1.29, 1.82) is 0 Å². The Labute approximate surface area is 191 Å². The number of aliphatic hydroxyl groups excluding tert-OH is 1. The van der Waals surface area contributed by atoms with Gasteiger partial charge in [-0.05, 0) is 106 Å². The summed E-state index contributed by atoms with van der Waals surface area (Å²) in [5.41, 5.74) is 1.74. The van der Waals surface area contributed by atoms with E-state index in [1.165, 1.54) is 50.5 Å². The Morgan fingerprint density at radius 2 is 1.87 bits per heavy atom. The zero-order valence-electron chi connectivity index (χ0n) is 20.7. The zero-order chi connectivity index (χ0) is 22.3. The number of hydrogen-bond acceptors (Lipinski definition) is 3. The Morgan fingerprint density at radius 3 is 2.58 bits per heavy atom. The predicted octanol–water partition coefficient (Wildman–Crippen LogP) is 6.27. The molecule has 3 nitrogen and oxygen atoms in total. The topological polar surface area (TPSA) is 49.7 Å². The van der Waals surface area contributed by atoms with Crippen LogP contribution in [0.4, 0.5) is 0 Å². The van der Waals surface area contributed by atoms with E-state index in [0.717, 1.165) is 68.8 Å². The van der Waals surface area contributed by atoms with Crippen molar-refractivity contribution in [2.45, 2.75) is 116 Å². The van der Waals surface area contributed by atoms with Crippen LogP contribution in [0.1, 0.15) is 104 Å². The molecule has 31 heavy (non-hydrogen) atoms. The molecule has 0 amide bonds. The van der Waals surface area contributed by atoms with E-state index >= 15 is 0 Å². The molecule has 7 atom stereocenters. The molecule has 0 saturated heterocycles. The normalized spacial score (nSPS) is 42.5. The first-order chi connectivity index (χ1) is 14.8. The average Bonchev–Trinajstić information content (AvgIpc) is 3.10. The fourth-order valence-electron chi connectivity index (χ4n) is 8.83. The summed E-state index contributed by atoms with van der Waals surface area (Å²) in [7, 11) is 1.87. The van der Waals surface area contributed by atoms with Crippen LogP contribution in [0.5, 0.6) is 0 Å². The van der Waals surface area contributed by atoms with Crippen LogP contribution in [-0.2, 0) is 4.74 Å². The molecule has 4 rings (SSSR count). The van der Waals surface area contributed by atoms with Crippen LogP contribution >= 0.6 is 0 Å². The Balaban J connectivity index is 1.48. The molecule has 0 spiro atoms. The Kier molecular flexibility index (Phi) is 6.98. The minimum atomic E-state index is -0.445. The fraction of sp³-hybridized carbons (Fsp3) is 0.929. The third-order valence-corrected chi connectivity index (χ3v) is 10.9. The smallest absolute Gasteiger partial charge is 0.0642 e. The van der Waals surface area contributed by atoms with Crippen molar-refractivity contribution in [3.63, 3.8) is 0 Å². The Hall–Kier alpha value is -0.380. The molecule has 0 radical (unpaired) electrons. The molecule has 3 fully saturated rings. The molecule has 0 aliphatic heterocycles. The molecular formula is C28H48O3. The van der Waals surface area contributed by atoms with Crippen LogP contribution < -0.4 is 0 Å². The predicted molar refractivity (Wildman–Crippen MR) is 127 cm³/mol. The minimum absolute atomic E-state index is 0.151. The number of ether oxygens (including phenoxy) is 1. The number of rotatable bonds is 8. The van der Waals surface area contributed by atoms with E-state index in [4.69, 9.17) is 4.74 Å². The summed E-state index contributed by atoms with van der Waals surface area (Å²) >= 11 is 0. The zero-order valence-corrected chi connectivity index (χ0v) is 20.7. The Morgan fingerprint density at radius 1 is 1.10 bits per heavy atom. The molecule has 178 valence electrons. The number of aliphatic hydroxyl groups is 2. The van der Waals surface area contributed by atoms with Crippen LogP contribution in [0.2, 0.25) is 0 Å². The van der Waals surface area contributed by atoms with Crippen LogP contribution in [-0.4, -0.2) is 35.6 Å². The number of fused-ring (bicyclic) bond motifs is 5. The third-order valence-electron chi connectivity index (χ3n) is 10.9. The molecule has 0 aromatic heterocycles. The van der Waals surface area contributed by atoms with Crippen LogP contribution in [0.25, 0.3) is 0 Å². The number of allylic oxidation sites excluding steroid dienone is 1. The van der Waals surface area contributed by atoms with Crippen molar-refractivity contribution >= 4 is 0 Å². The summed E-state index contributed by atoms with van der Waals surface area (Å²) in [6, 6.07) is 0. The van der Waals surface area contributed by atoms with E-state index in [2.05, 4.69) is 26.8 Å². The monoisotopic (exact) mass is 432 g/mol. The van der Waals surface area contributed by atoms with Gasteiger partial charge in [-0.3, -0.25) is 0 Å². The molecule has 0 aromatic rings. The van der Waals surface area contributed by atoms with Crippen LogP contribution in [0.15, 0.2) is 11.6 Å². The Bertz CT molecular complexity index is 653. The van der Waals surface area contributed by atoms with Crippen molar-refractivity contribution in [2.75, 3.05) is 13.7 Å². The maximum Gasteiger partial charge on any atom is 0.0642 e. The molecule has 3 heteroatoms. The molecule has 6 unspecified atom stereocenters. The van der Waals surface area contributed by atoms with Gasteiger partial charge in [0.25, 0.3) is 0 Å². The van der Waals surface area contributed by atoms with Crippen molar-refractivity contribution in [3.8, 4) is 0 Å². The van der Waals surface area contributed by atoms with Crippen LogP contribution in [0, 0.1) is 34.5 Å². The lowest BCUT2D eigenvalue weighted by molar-refractivity contribution is -0.0817. The second kappa shape index (κ2) is 9.11. The summed E-state index contributed by atoms with van der Waals surface area (Å²) in [5.74, 6) is 3.20. The standard InChI is InChI=1S/C28H48O3/c1-5-27(30,6-2)15-7-8-20-10-12-24-23-11-9-21-18-22(29)13-17-28(21,19-31-4)25(23)14-16-26(20,24)3/h9,20,22-25,29-30H,5-8,10-19H2,1-4H3/t20-,22?,23?,24?,25?,26?,28?/m0/s1. The molecule has 4 aliphatic carbocycles. The fourth-order valence-corrected chi connectivity index (χ4v) is 8.83. The van der Waals surface area contributed by atoms with Gasteiger partial charge in [0.15, 0.2) is 0 Å². The lowest BCUT2D eigenvalue weighted by Gasteiger charge is -2.59. The van der Waals surface area contributed by atoms with E-state index in [1.807, 2.05) is 7.11 Å². The summed E-state index contributed by atoms with van der Waals surface area (Å²) in [5, 5.41) is 21.1. The van der Waals surface area contributed by atoms with Crippen LogP contribution in [0.3, 0.4) is 0 Å². The number of hydrogen-bond donors (Lipinski definition) is 2. The SMILES string of the molecule is CCC(O)(CC)CCC[C@H]1CCC2C3CC=C4CC(O)CCC4(COC)C3CCC21C. The highest BCUT2D eigenvalue weighted by molar-refractivity contribution is 5.26. The molecule has 2 N–H and O–H groups in total. The van der Waals surface area contributed by atoms with Crippen molar-refractivity contribution in [1.82, 2.24) is 0 Å². The van der Waals surface area contributed by atoms with Gasteiger partial charge in [-0.1, -0.05) is 38.8 Å². The largest absolute Gasteiger partial charge is 0.393 e. The van der Waals surface area contributed by atoms with Gasteiger partial charge < -0.3 is 14.9 Å². The van der Waals surface area contributed by atoms with Gasteiger partial charge in [0.1, 0.15) is 0 Å².